The molecule has 6 heteroatoms. The molecule has 19 heavy (non-hydrogen) atoms. The van der Waals surface area contributed by atoms with Crippen LogP contribution in [0.5, 0.6) is 0 Å². The van der Waals surface area contributed by atoms with Crippen LogP contribution in [-0.2, 0) is 6.42 Å². The zero-order chi connectivity index (χ0) is 13.9. The number of nitrogens with one attached hydrogen (secondary N) is 1. The fourth-order valence-electron chi connectivity index (χ4n) is 1.51. The Morgan fingerprint density at radius 1 is 1.32 bits per heavy atom. The van der Waals surface area contributed by atoms with Gasteiger partial charge < -0.3 is 9.84 Å². The van der Waals surface area contributed by atoms with E-state index in [1.807, 2.05) is 12.1 Å². The molecule has 2 heterocycles. The first-order valence-corrected chi connectivity index (χ1v) is 6.93. The van der Waals surface area contributed by atoms with Crippen LogP contribution in [0.4, 0.5) is 0 Å². The van der Waals surface area contributed by atoms with Crippen molar-refractivity contribution in [3.05, 3.63) is 28.7 Å². The predicted octanol–water partition coefficient (Wildman–Crippen LogP) is 2.82. The van der Waals surface area contributed by atoms with Crippen molar-refractivity contribution in [3.63, 3.8) is 0 Å². The van der Waals surface area contributed by atoms with Crippen molar-refractivity contribution in [2.75, 3.05) is 6.54 Å². The molecular weight excluding hydrogens is 308 g/mol. The third-order valence-electron chi connectivity index (χ3n) is 2.42. The van der Waals surface area contributed by atoms with Gasteiger partial charge in [0, 0.05) is 29.2 Å². The van der Waals surface area contributed by atoms with Crippen molar-refractivity contribution in [3.8, 4) is 11.5 Å². The van der Waals surface area contributed by atoms with Crippen LogP contribution in [0, 0.1) is 0 Å². The largest absolute Gasteiger partial charge is 0.339 e. The molecule has 0 aliphatic carbocycles. The molecule has 2 rings (SSSR count). The van der Waals surface area contributed by atoms with Gasteiger partial charge in [-0.25, -0.2) is 0 Å². The van der Waals surface area contributed by atoms with E-state index in [1.165, 1.54) is 0 Å². The highest BCUT2D eigenvalue weighted by molar-refractivity contribution is 9.10. The van der Waals surface area contributed by atoms with Crippen molar-refractivity contribution in [1.29, 1.82) is 0 Å². The highest BCUT2D eigenvalue weighted by atomic mass is 79.9. The van der Waals surface area contributed by atoms with E-state index in [9.17, 15) is 0 Å². The Morgan fingerprint density at radius 2 is 2.11 bits per heavy atom. The Hall–Kier alpha value is -1.27. The van der Waals surface area contributed by atoms with Gasteiger partial charge in [0.05, 0.1) is 0 Å². The van der Waals surface area contributed by atoms with Gasteiger partial charge in [-0.1, -0.05) is 5.16 Å². The maximum absolute atomic E-state index is 5.21. The summed E-state index contributed by atoms with van der Waals surface area (Å²) < 4.78 is 6.14. The zero-order valence-electron chi connectivity index (χ0n) is 11.3. The van der Waals surface area contributed by atoms with Gasteiger partial charge >= 0.3 is 0 Å². The quantitative estimate of drug-likeness (QED) is 0.936. The molecule has 0 aliphatic heterocycles. The summed E-state index contributed by atoms with van der Waals surface area (Å²) in [5, 5.41) is 7.32. The number of nitrogens with zero attached hydrogens (tertiary/aromatic N) is 3. The van der Waals surface area contributed by atoms with Crippen LogP contribution in [0.2, 0.25) is 0 Å². The summed E-state index contributed by atoms with van der Waals surface area (Å²) >= 11 is 3.34. The monoisotopic (exact) mass is 324 g/mol. The van der Waals surface area contributed by atoms with Gasteiger partial charge in [-0.2, -0.15) is 4.98 Å². The summed E-state index contributed by atoms with van der Waals surface area (Å²) in [6, 6.07) is 3.76. The molecule has 0 radical (unpaired) electrons. The molecule has 0 fully saturated rings. The normalized spacial score (nSPS) is 11.8. The minimum atomic E-state index is 0.0934. The second-order valence-corrected chi connectivity index (χ2v) is 6.22. The first-order valence-electron chi connectivity index (χ1n) is 6.13. The molecule has 0 bridgehead atoms. The SMILES string of the molecule is CC(C)(C)NCCc1nc(-c2ccc(Br)cn2)no1. The number of rotatable bonds is 4. The lowest BCUT2D eigenvalue weighted by atomic mass is 10.1. The number of halogens is 1. The van der Waals surface area contributed by atoms with Crippen molar-refractivity contribution >= 4 is 15.9 Å². The molecule has 2 aromatic heterocycles. The van der Waals surface area contributed by atoms with Crippen LogP contribution in [-0.4, -0.2) is 27.2 Å². The van der Waals surface area contributed by atoms with Gasteiger partial charge in [-0.05, 0) is 48.8 Å². The van der Waals surface area contributed by atoms with Crippen LogP contribution in [0.15, 0.2) is 27.3 Å². The van der Waals surface area contributed by atoms with Crippen LogP contribution in [0.1, 0.15) is 26.7 Å². The van der Waals surface area contributed by atoms with Crippen molar-refractivity contribution in [1.82, 2.24) is 20.4 Å². The van der Waals surface area contributed by atoms with Crippen LogP contribution in [0.3, 0.4) is 0 Å². The molecule has 102 valence electrons. The number of hydrogen-bond acceptors (Lipinski definition) is 5. The van der Waals surface area contributed by atoms with E-state index in [1.54, 1.807) is 6.20 Å². The Kier molecular flexibility index (Phi) is 4.31. The Morgan fingerprint density at radius 3 is 2.74 bits per heavy atom. The minimum Gasteiger partial charge on any atom is -0.339 e. The Balaban J connectivity index is 1.97. The van der Waals surface area contributed by atoms with Crippen LogP contribution < -0.4 is 5.32 Å². The third kappa shape index (κ3) is 4.40. The summed E-state index contributed by atoms with van der Waals surface area (Å²) in [5.41, 5.74) is 0.804. The maximum Gasteiger partial charge on any atom is 0.228 e. The number of hydrogen-bond donors (Lipinski definition) is 1. The molecule has 0 aliphatic rings. The van der Waals surface area contributed by atoms with Gasteiger partial charge in [0.1, 0.15) is 5.69 Å². The van der Waals surface area contributed by atoms with Crippen LogP contribution in [0.25, 0.3) is 11.5 Å². The fourth-order valence-corrected chi connectivity index (χ4v) is 1.75. The maximum atomic E-state index is 5.21. The van der Waals surface area contributed by atoms with Crippen molar-refractivity contribution in [2.45, 2.75) is 32.7 Å². The molecule has 0 saturated heterocycles. The lowest BCUT2D eigenvalue weighted by Crippen LogP contribution is -2.37. The topological polar surface area (TPSA) is 63.8 Å². The average Bonchev–Trinajstić information content (AvgIpc) is 2.77. The first-order chi connectivity index (χ1) is 8.94. The average molecular weight is 325 g/mol. The first kappa shape index (κ1) is 14.1. The Bertz CT molecular complexity index is 530. The van der Waals surface area contributed by atoms with E-state index in [2.05, 4.69) is 57.1 Å². The van der Waals surface area contributed by atoms with E-state index in [0.29, 0.717) is 23.8 Å². The summed E-state index contributed by atoms with van der Waals surface area (Å²) in [4.78, 5) is 8.57. The number of aromatic nitrogens is 3. The van der Waals surface area contributed by atoms with Gasteiger partial charge in [-0.15, -0.1) is 0 Å². The molecule has 0 amide bonds. The fraction of sp³-hybridized carbons (Fsp3) is 0.462. The summed E-state index contributed by atoms with van der Waals surface area (Å²) in [7, 11) is 0. The molecule has 1 N–H and O–H groups in total. The highest BCUT2D eigenvalue weighted by Crippen LogP contribution is 2.15. The molecule has 0 aromatic carbocycles. The van der Waals surface area contributed by atoms with Crippen molar-refractivity contribution < 1.29 is 4.52 Å². The standard InChI is InChI=1S/C13H17BrN4O/c1-13(2,3)16-7-6-11-17-12(18-19-11)10-5-4-9(14)8-15-10/h4-5,8,16H,6-7H2,1-3H3. The molecule has 0 atom stereocenters. The lowest BCUT2D eigenvalue weighted by molar-refractivity contribution is 0.362. The predicted molar refractivity (Wildman–Crippen MR) is 76.7 cm³/mol. The Labute approximate surface area is 121 Å². The van der Waals surface area contributed by atoms with E-state index in [0.717, 1.165) is 11.0 Å². The minimum absolute atomic E-state index is 0.0934. The van der Waals surface area contributed by atoms with Crippen LogP contribution >= 0.6 is 15.9 Å². The molecule has 0 saturated carbocycles. The molecule has 2 aromatic rings. The highest BCUT2D eigenvalue weighted by Gasteiger charge is 2.12. The van der Waals surface area contributed by atoms with Gasteiger partial charge in [0.15, 0.2) is 0 Å². The second kappa shape index (κ2) is 5.79. The molecule has 0 spiro atoms. The zero-order valence-corrected chi connectivity index (χ0v) is 12.9. The van der Waals surface area contributed by atoms with E-state index < -0.39 is 0 Å². The summed E-state index contributed by atoms with van der Waals surface area (Å²) in [5.74, 6) is 1.15. The van der Waals surface area contributed by atoms with Gasteiger partial charge in [-0.3, -0.25) is 4.98 Å². The molecule has 5 nitrogen and oxygen atoms in total. The van der Waals surface area contributed by atoms with E-state index >= 15 is 0 Å². The van der Waals surface area contributed by atoms with E-state index in [-0.39, 0.29) is 5.54 Å². The molecular formula is C13H17BrN4O. The van der Waals surface area contributed by atoms with E-state index in [4.69, 9.17) is 4.52 Å². The molecule has 0 unspecified atom stereocenters. The van der Waals surface area contributed by atoms with Crippen molar-refractivity contribution in [2.24, 2.45) is 0 Å². The summed E-state index contributed by atoms with van der Waals surface area (Å²) in [6.07, 6.45) is 2.42. The lowest BCUT2D eigenvalue weighted by Gasteiger charge is -2.19. The summed E-state index contributed by atoms with van der Waals surface area (Å²) in [6.45, 7) is 7.17. The van der Waals surface area contributed by atoms with Gasteiger partial charge in [0.2, 0.25) is 11.7 Å². The van der Waals surface area contributed by atoms with Gasteiger partial charge in [0.25, 0.3) is 0 Å². The number of pyridine rings is 1. The third-order valence-corrected chi connectivity index (χ3v) is 2.89. The second-order valence-electron chi connectivity index (χ2n) is 5.30. The smallest absolute Gasteiger partial charge is 0.228 e.